The normalized spacial score (nSPS) is 18.1. The summed E-state index contributed by atoms with van der Waals surface area (Å²) in [7, 11) is 0. The zero-order chi connectivity index (χ0) is 22.2. The van der Waals surface area contributed by atoms with Crippen LogP contribution in [-0.2, 0) is 0 Å². The van der Waals surface area contributed by atoms with Crippen molar-refractivity contribution in [3.8, 4) is 17.1 Å². The van der Waals surface area contributed by atoms with Gasteiger partial charge in [-0.2, -0.15) is 0 Å². The highest BCUT2D eigenvalue weighted by atomic mass is 35.5. The number of nitrogens with zero attached hydrogens (tertiary/aromatic N) is 2. The van der Waals surface area contributed by atoms with Crippen LogP contribution in [-0.4, -0.2) is 15.2 Å². The van der Waals surface area contributed by atoms with Crippen LogP contribution in [0.25, 0.3) is 11.3 Å². The van der Waals surface area contributed by atoms with Gasteiger partial charge in [0.2, 0.25) is 0 Å². The lowest BCUT2D eigenvalue weighted by Gasteiger charge is -2.26. The SMILES string of the molecule is Oc1ccc(N2C(=S)N[C@H](c3ccccn3)[C@@H]2c2ccc(-c3ccc(Cl)cc3Cl)o2)cc1. The summed E-state index contributed by atoms with van der Waals surface area (Å²) in [4.78, 5) is 6.51. The highest BCUT2D eigenvalue weighted by Gasteiger charge is 2.42. The molecule has 1 aliphatic heterocycles. The first-order chi connectivity index (χ1) is 15.5. The van der Waals surface area contributed by atoms with Gasteiger partial charge in [0.1, 0.15) is 23.3 Å². The summed E-state index contributed by atoms with van der Waals surface area (Å²) in [5.41, 5.74) is 2.41. The van der Waals surface area contributed by atoms with Gasteiger partial charge >= 0.3 is 0 Å². The van der Waals surface area contributed by atoms with E-state index in [0.29, 0.717) is 26.7 Å². The Bertz CT molecular complexity index is 1280. The molecule has 2 atom stereocenters. The molecule has 2 N–H and O–H groups in total. The Balaban J connectivity index is 1.60. The number of rotatable bonds is 4. The van der Waals surface area contributed by atoms with E-state index in [-0.39, 0.29) is 17.8 Å². The predicted molar refractivity (Wildman–Crippen MR) is 130 cm³/mol. The van der Waals surface area contributed by atoms with Crippen LogP contribution in [0.3, 0.4) is 0 Å². The monoisotopic (exact) mass is 481 g/mol. The largest absolute Gasteiger partial charge is 0.508 e. The minimum Gasteiger partial charge on any atom is -0.508 e. The fourth-order valence-electron chi connectivity index (χ4n) is 3.88. The number of hydrogen-bond donors (Lipinski definition) is 2. The Hall–Kier alpha value is -3.06. The van der Waals surface area contributed by atoms with Gasteiger partial charge in [-0.15, -0.1) is 0 Å². The Kier molecular flexibility index (Phi) is 5.51. The number of furan rings is 1. The van der Waals surface area contributed by atoms with Crippen molar-refractivity contribution >= 4 is 46.2 Å². The van der Waals surface area contributed by atoms with E-state index in [2.05, 4.69) is 10.3 Å². The van der Waals surface area contributed by atoms with Gasteiger partial charge in [0.05, 0.1) is 16.8 Å². The number of thiocarbonyl (C=S) groups is 1. The Morgan fingerprint density at radius 1 is 1.00 bits per heavy atom. The number of halogens is 2. The molecule has 0 amide bonds. The molecule has 1 fully saturated rings. The summed E-state index contributed by atoms with van der Waals surface area (Å²) in [5.74, 6) is 1.51. The summed E-state index contributed by atoms with van der Waals surface area (Å²) in [6, 6.07) is 21.2. The summed E-state index contributed by atoms with van der Waals surface area (Å²) in [6.45, 7) is 0. The number of anilines is 1. The summed E-state index contributed by atoms with van der Waals surface area (Å²) >= 11 is 18.1. The van der Waals surface area contributed by atoms with Gasteiger partial charge in [-0.3, -0.25) is 4.98 Å². The molecule has 5 rings (SSSR count). The lowest BCUT2D eigenvalue weighted by molar-refractivity contribution is 0.439. The first-order valence-electron chi connectivity index (χ1n) is 9.86. The quantitative estimate of drug-likeness (QED) is 0.323. The van der Waals surface area contributed by atoms with Gasteiger partial charge in [0.25, 0.3) is 0 Å². The number of aromatic hydroxyl groups is 1. The van der Waals surface area contributed by atoms with Crippen molar-refractivity contribution in [2.45, 2.75) is 12.1 Å². The minimum absolute atomic E-state index is 0.183. The minimum atomic E-state index is -0.304. The molecule has 0 aliphatic carbocycles. The lowest BCUT2D eigenvalue weighted by Crippen LogP contribution is -2.29. The summed E-state index contributed by atoms with van der Waals surface area (Å²) in [6.07, 6.45) is 1.75. The molecule has 160 valence electrons. The Labute approximate surface area is 200 Å². The van der Waals surface area contributed by atoms with Crippen molar-refractivity contribution < 1.29 is 9.52 Å². The molecule has 1 saturated heterocycles. The molecule has 0 unspecified atom stereocenters. The first kappa shape index (κ1) is 20.8. The van der Waals surface area contributed by atoms with Gasteiger partial charge in [-0.1, -0.05) is 29.3 Å². The maximum Gasteiger partial charge on any atom is 0.174 e. The van der Waals surface area contributed by atoms with Crippen molar-refractivity contribution in [3.05, 3.63) is 100 Å². The first-order valence-corrected chi connectivity index (χ1v) is 11.0. The Morgan fingerprint density at radius 3 is 2.53 bits per heavy atom. The standard InChI is InChI=1S/C24H17Cl2N3O2S/c25-14-4-9-17(18(26)13-14)20-10-11-21(31-20)23-22(19-3-1-2-12-27-19)28-24(32)29(23)15-5-7-16(30)8-6-15/h1-13,22-23,30H,(H,28,32)/t22-,23+/m1/s1. The maximum absolute atomic E-state index is 9.74. The molecule has 0 saturated carbocycles. The van der Waals surface area contributed by atoms with E-state index in [9.17, 15) is 5.11 Å². The van der Waals surface area contributed by atoms with Crippen LogP contribution in [0.4, 0.5) is 5.69 Å². The zero-order valence-electron chi connectivity index (χ0n) is 16.6. The number of phenols is 1. The molecule has 0 bridgehead atoms. The molecule has 5 nitrogen and oxygen atoms in total. The van der Waals surface area contributed by atoms with Crippen LogP contribution in [0.1, 0.15) is 23.5 Å². The van der Waals surface area contributed by atoms with E-state index < -0.39 is 0 Å². The summed E-state index contributed by atoms with van der Waals surface area (Å²) < 4.78 is 6.30. The number of pyridine rings is 1. The fourth-order valence-corrected chi connectivity index (χ4v) is 4.73. The molecular formula is C24H17Cl2N3O2S. The van der Waals surface area contributed by atoms with E-state index in [0.717, 1.165) is 16.9 Å². The average molecular weight is 482 g/mol. The van der Waals surface area contributed by atoms with Crippen molar-refractivity contribution in [1.29, 1.82) is 0 Å². The molecule has 1 aliphatic rings. The smallest absolute Gasteiger partial charge is 0.174 e. The third-order valence-electron chi connectivity index (χ3n) is 5.34. The maximum atomic E-state index is 9.74. The van der Waals surface area contributed by atoms with E-state index in [1.54, 1.807) is 30.5 Å². The number of benzene rings is 2. The van der Waals surface area contributed by atoms with Gasteiger partial charge in [0.15, 0.2) is 5.11 Å². The molecule has 3 heterocycles. The number of hydrogen-bond acceptors (Lipinski definition) is 4. The number of aromatic nitrogens is 1. The highest BCUT2D eigenvalue weighted by Crippen LogP contribution is 2.43. The van der Waals surface area contributed by atoms with Gasteiger partial charge in [-0.05, 0) is 78.9 Å². The number of nitrogens with one attached hydrogen (secondary N) is 1. The second-order valence-electron chi connectivity index (χ2n) is 7.34. The van der Waals surface area contributed by atoms with Crippen molar-refractivity contribution in [3.63, 3.8) is 0 Å². The van der Waals surface area contributed by atoms with E-state index >= 15 is 0 Å². The van der Waals surface area contributed by atoms with Crippen LogP contribution < -0.4 is 10.2 Å². The molecule has 2 aromatic carbocycles. The van der Waals surface area contributed by atoms with Crippen molar-refractivity contribution in [2.24, 2.45) is 0 Å². The van der Waals surface area contributed by atoms with E-state index in [1.807, 2.05) is 53.4 Å². The van der Waals surface area contributed by atoms with Crippen molar-refractivity contribution in [2.75, 3.05) is 4.90 Å². The van der Waals surface area contributed by atoms with Crippen LogP contribution in [0.5, 0.6) is 5.75 Å². The predicted octanol–water partition coefficient (Wildman–Crippen LogP) is 6.53. The molecule has 0 spiro atoms. The molecular weight excluding hydrogens is 465 g/mol. The van der Waals surface area contributed by atoms with Gasteiger partial charge in [-0.25, -0.2) is 0 Å². The molecule has 0 radical (unpaired) electrons. The topological polar surface area (TPSA) is 61.5 Å². The molecule has 32 heavy (non-hydrogen) atoms. The Morgan fingerprint density at radius 2 is 1.81 bits per heavy atom. The lowest BCUT2D eigenvalue weighted by atomic mass is 10.0. The summed E-state index contributed by atoms with van der Waals surface area (Å²) in [5, 5.41) is 14.7. The second-order valence-corrected chi connectivity index (χ2v) is 8.57. The van der Waals surface area contributed by atoms with E-state index in [4.69, 9.17) is 39.8 Å². The molecule has 2 aromatic heterocycles. The van der Waals surface area contributed by atoms with Gasteiger partial charge < -0.3 is 19.7 Å². The van der Waals surface area contributed by atoms with Gasteiger partial charge in [0, 0.05) is 22.5 Å². The number of phenolic OH excluding ortho intramolecular Hbond substituents is 1. The molecule has 8 heteroatoms. The molecule has 4 aromatic rings. The zero-order valence-corrected chi connectivity index (χ0v) is 18.9. The third-order valence-corrected chi connectivity index (χ3v) is 6.20. The van der Waals surface area contributed by atoms with Crippen LogP contribution in [0, 0.1) is 0 Å². The highest BCUT2D eigenvalue weighted by molar-refractivity contribution is 7.80. The van der Waals surface area contributed by atoms with Crippen molar-refractivity contribution in [1.82, 2.24) is 10.3 Å². The fraction of sp³-hybridized carbons (Fsp3) is 0.0833. The van der Waals surface area contributed by atoms with E-state index in [1.165, 1.54) is 0 Å². The average Bonchev–Trinajstić information content (AvgIpc) is 3.39. The second kappa shape index (κ2) is 8.47. The third kappa shape index (κ3) is 3.81. The van der Waals surface area contributed by atoms with Crippen LogP contribution >= 0.6 is 35.4 Å². The van der Waals surface area contributed by atoms with Crippen LogP contribution in [0.2, 0.25) is 10.0 Å². The van der Waals surface area contributed by atoms with Crippen LogP contribution in [0.15, 0.2) is 83.4 Å².